The molecule has 0 saturated heterocycles. The van der Waals surface area contributed by atoms with Gasteiger partial charge in [-0.1, -0.05) is 29.8 Å². The molecule has 2 aromatic carbocycles. The van der Waals surface area contributed by atoms with Crippen LogP contribution >= 0.6 is 12.2 Å². The van der Waals surface area contributed by atoms with Gasteiger partial charge in [0.1, 0.15) is 6.54 Å². The molecule has 3 amide bonds. The normalized spacial score (nSPS) is 10.4. The van der Waals surface area contributed by atoms with E-state index in [-0.39, 0.29) is 12.5 Å². The summed E-state index contributed by atoms with van der Waals surface area (Å²) >= 11 is 5.26. The molecule has 1 aromatic heterocycles. The monoisotopic (exact) mass is 382 g/mol. The Hall–Kier alpha value is -3.46. The SMILES string of the molecule is Cc1cccc(-c2n[nH]c(=S)n2CC(=O)Nc2cccc(NC(N)=O)c2)c1. The molecule has 0 fully saturated rings. The second-order valence-corrected chi connectivity index (χ2v) is 6.31. The van der Waals surface area contributed by atoms with Crippen LogP contribution in [-0.4, -0.2) is 26.7 Å². The number of carbonyl (C=O) groups is 2. The molecule has 3 rings (SSSR count). The summed E-state index contributed by atoms with van der Waals surface area (Å²) in [4.78, 5) is 23.4. The summed E-state index contributed by atoms with van der Waals surface area (Å²) in [7, 11) is 0. The Bertz CT molecular complexity index is 1060. The first-order valence-corrected chi connectivity index (χ1v) is 8.52. The van der Waals surface area contributed by atoms with Gasteiger partial charge in [-0.25, -0.2) is 4.79 Å². The number of benzene rings is 2. The fourth-order valence-corrected chi connectivity index (χ4v) is 2.83. The Kier molecular flexibility index (Phi) is 5.32. The molecule has 0 aliphatic heterocycles. The van der Waals surface area contributed by atoms with Crippen molar-refractivity contribution < 1.29 is 9.59 Å². The van der Waals surface area contributed by atoms with Crippen LogP contribution in [0.3, 0.4) is 0 Å². The molecule has 138 valence electrons. The number of anilines is 2. The molecular weight excluding hydrogens is 364 g/mol. The second kappa shape index (κ2) is 7.83. The largest absolute Gasteiger partial charge is 0.351 e. The van der Waals surface area contributed by atoms with E-state index in [0.717, 1.165) is 11.1 Å². The number of hydrogen-bond acceptors (Lipinski definition) is 4. The molecular formula is C18H18N6O2S. The molecule has 0 aliphatic rings. The molecule has 9 heteroatoms. The van der Waals surface area contributed by atoms with Gasteiger partial charge >= 0.3 is 6.03 Å². The van der Waals surface area contributed by atoms with Gasteiger partial charge in [0, 0.05) is 16.9 Å². The summed E-state index contributed by atoms with van der Waals surface area (Å²) in [6, 6.07) is 13.8. The van der Waals surface area contributed by atoms with E-state index in [9.17, 15) is 9.59 Å². The molecule has 0 radical (unpaired) electrons. The third-order valence-electron chi connectivity index (χ3n) is 3.75. The Balaban J connectivity index is 1.78. The molecule has 5 N–H and O–H groups in total. The lowest BCUT2D eigenvalue weighted by atomic mass is 10.1. The highest BCUT2D eigenvalue weighted by Gasteiger charge is 2.13. The number of aromatic nitrogens is 3. The number of nitrogens with zero attached hydrogens (tertiary/aromatic N) is 2. The number of carbonyl (C=O) groups excluding carboxylic acids is 2. The quantitative estimate of drug-likeness (QED) is 0.507. The van der Waals surface area contributed by atoms with Gasteiger partial charge in [0.25, 0.3) is 0 Å². The van der Waals surface area contributed by atoms with E-state index in [1.165, 1.54) is 0 Å². The van der Waals surface area contributed by atoms with Crippen LogP contribution in [0.25, 0.3) is 11.4 Å². The lowest BCUT2D eigenvalue weighted by Crippen LogP contribution is -2.21. The van der Waals surface area contributed by atoms with Gasteiger partial charge in [-0.15, -0.1) is 0 Å². The fourth-order valence-electron chi connectivity index (χ4n) is 2.63. The Morgan fingerprint density at radius 2 is 1.85 bits per heavy atom. The van der Waals surface area contributed by atoms with Crippen molar-refractivity contribution in [3.63, 3.8) is 0 Å². The highest BCUT2D eigenvalue weighted by Crippen LogP contribution is 2.19. The van der Waals surface area contributed by atoms with Crippen molar-refractivity contribution in [3.05, 3.63) is 58.9 Å². The standard InChI is InChI=1S/C18H18N6O2S/c1-11-4-2-5-12(8-11)16-22-23-18(27)24(16)10-15(25)20-13-6-3-7-14(9-13)21-17(19)26/h2-9H,10H2,1H3,(H,20,25)(H,23,27)(H3,19,21,26). The predicted octanol–water partition coefficient (Wildman–Crippen LogP) is 3.05. The maximum absolute atomic E-state index is 12.5. The lowest BCUT2D eigenvalue weighted by molar-refractivity contribution is -0.116. The molecule has 1 heterocycles. The van der Waals surface area contributed by atoms with E-state index in [4.69, 9.17) is 18.0 Å². The van der Waals surface area contributed by atoms with Gasteiger partial charge in [0.05, 0.1) is 0 Å². The molecule has 0 saturated carbocycles. The summed E-state index contributed by atoms with van der Waals surface area (Å²) in [5, 5.41) is 12.2. The van der Waals surface area contributed by atoms with Crippen LogP contribution in [0, 0.1) is 11.7 Å². The van der Waals surface area contributed by atoms with Gasteiger partial charge in [-0.2, -0.15) is 5.10 Å². The molecule has 27 heavy (non-hydrogen) atoms. The topological polar surface area (TPSA) is 118 Å². The average Bonchev–Trinajstić information content (AvgIpc) is 2.95. The van der Waals surface area contributed by atoms with E-state index in [1.807, 2.05) is 31.2 Å². The summed E-state index contributed by atoms with van der Waals surface area (Å²) in [5.74, 6) is 0.306. The number of hydrogen-bond donors (Lipinski definition) is 4. The molecule has 0 unspecified atom stereocenters. The average molecular weight is 382 g/mol. The zero-order valence-electron chi connectivity index (χ0n) is 14.5. The van der Waals surface area contributed by atoms with Crippen LogP contribution in [0.4, 0.5) is 16.2 Å². The van der Waals surface area contributed by atoms with Crippen LogP contribution in [-0.2, 0) is 11.3 Å². The Labute approximate surface area is 160 Å². The summed E-state index contributed by atoms with van der Waals surface area (Å²) in [5.41, 5.74) is 8.06. The minimum atomic E-state index is -0.675. The highest BCUT2D eigenvalue weighted by molar-refractivity contribution is 7.71. The number of primary amides is 1. The third-order valence-corrected chi connectivity index (χ3v) is 4.06. The minimum Gasteiger partial charge on any atom is -0.351 e. The van der Waals surface area contributed by atoms with Crippen molar-refractivity contribution >= 4 is 35.5 Å². The number of amides is 3. The van der Waals surface area contributed by atoms with Crippen molar-refractivity contribution in [2.45, 2.75) is 13.5 Å². The maximum Gasteiger partial charge on any atom is 0.316 e. The van der Waals surface area contributed by atoms with Gasteiger partial charge in [-0.3, -0.25) is 14.5 Å². The predicted molar refractivity (Wildman–Crippen MR) is 106 cm³/mol. The number of H-pyrrole nitrogens is 1. The van der Waals surface area contributed by atoms with Crippen molar-refractivity contribution in [1.29, 1.82) is 0 Å². The number of rotatable bonds is 5. The van der Waals surface area contributed by atoms with Crippen LogP contribution in [0.2, 0.25) is 0 Å². The summed E-state index contributed by atoms with van der Waals surface area (Å²) in [6.45, 7) is 1.97. The Morgan fingerprint density at radius 1 is 1.15 bits per heavy atom. The van der Waals surface area contributed by atoms with Gasteiger partial charge < -0.3 is 16.4 Å². The van der Waals surface area contributed by atoms with Crippen LogP contribution in [0.1, 0.15) is 5.56 Å². The second-order valence-electron chi connectivity index (χ2n) is 5.93. The third kappa shape index (κ3) is 4.59. The molecule has 0 bridgehead atoms. The molecule has 0 spiro atoms. The first-order valence-electron chi connectivity index (χ1n) is 8.11. The van der Waals surface area contributed by atoms with Crippen molar-refractivity contribution in [3.8, 4) is 11.4 Å². The van der Waals surface area contributed by atoms with E-state index in [2.05, 4.69) is 20.8 Å². The Morgan fingerprint density at radius 3 is 2.56 bits per heavy atom. The number of nitrogens with one attached hydrogen (secondary N) is 3. The fraction of sp³-hybridized carbons (Fsp3) is 0.111. The van der Waals surface area contributed by atoms with Crippen LogP contribution in [0.15, 0.2) is 48.5 Å². The van der Waals surface area contributed by atoms with Gasteiger partial charge in [0.2, 0.25) is 5.91 Å². The maximum atomic E-state index is 12.5. The van der Waals surface area contributed by atoms with E-state index in [1.54, 1.807) is 28.8 Å². The first-order chi connectivity index (χ1) is 12.9. The number of aryl methyl sites for hydroxylation is 1. The van der Waals surface area contributed by atoms with Crippen LogP contribution < -0.4 is 16.4 Å². The zero-order valence-corrected chi connectivity index (χ0v) is 15.3. The molecule has 0 atom stereocenters. The van der Waals surface area contributed by atoms with Crippen molar-refractivity contribution in [1.82, 2.24) is 14.8 Å². The molecule has 8 nitrogen and oxygen atoms in total. The first kappa shape index (κ1) is 18.3. The highest BCUT2D eigenvalue weighted by atomic mass is 32.1. The number of aromatic amines is 1. The van der Waals surface area contributed by atoms with Gasteiger partial charge in [0.15, 0.2) is 10.6 Å². The summed E-state index contributed by atoms with van der Waals surface area (Å²) < 4.78 is 1.98. The smallest absolute Gasteiger partial charge is 0.316 e. The minimum absolute atomic E-state index is 0.00785. The van der Waals surface area contributed by atoms with E-state index < -0.39 is 6.03 Å². The lowest BCUT2D eigenvalue weighted by Gasteiger charge is -2.10. The number of nitrogens with two attached hydrogens (primary N) is 1. The summed E-state index contributed by atoms with van der Waals surface area (Å²) in [6.07, 6.45) is 0. The van der Waals surface area contributed by atoms with Gasteiger partial charge in [-0.05, 0) is 43.4 Å². The van der Waals surface area contributed by atoms with E-state index in [0.29, 0.717) is 22.0 Å². The molecule has 3 aromatic rings. The molecule has 0 aliphatic carbocycles. The van der Waals surface area contributed by atoms with Crippen molar-refractivity contribution in [2.24, 2.45) is 5.73 Å². The van der Waals surface area contributed by atoms with Crippen molar-refractivity contribution in [2.75, 3.05) is 10.6 Å². The van der Waals surface area contributed by atoms with E-state index >= 15 is 0 Å². The van der Waals surface area contributed by atoms with Crippen LogP contribution in [0.5, 0.6) is 0 Å². The number of urea groups is 1. The zero-order chi connectivity index (χ0) is 19.4.